The fraction of sp³-hybridized carbons (Fsp3) is 0.500. The smallest absolute Gasteiger partial charge is 0.251 e. The van der Waals surface area contributed by atoms with Gasteiger partial charge in [-0.3, -0.25) is 4.79 Å². The Bertz CT molecular complexity index is 735. The molecule has 1 amide bonds. The van der Waals surface area contributed by atoms with E-state index in [0.717, 1.165) is 18.7 Å². The predicted octanol–water partition coefficient (Wildman–Crippen LogP) is 3.53. The zero-order valence-corrected chi connectivity index (χ0v) is 15.1. The Morgan fingerprint density at radius 2 is 1.83 bits per heavy atom. The summed E-state index contributed by atoms with van der Waals surface area (Å²) in [4.78, 5) is 17.1. The molecule has 128 valence electrons. The number of carbonyl (C=O) groups is 1. The molecule has 3 rings (SSSR count). The molecule has 0 unspecified atom stereocenters. The summed E-state index contributed by atoms with van der Waals surface area (Å²) in [7, 11) is 2.05. The van der Waals surface area contributed by atoms with E-state index in [9.17, 15) is 4.79 Å². The standard InChI is InChI=1S/C20H27N3O/c1-20(2,3)15-11-9-14(10-12-15)19(24)21-13-18-22-16-7-5-6-8-17(16)23(18)4/h9-12H,5-8,13H2,1-4H3,(H,21,24). The van der Waals surface area contributed by atoms with Crippen molar-refractivity contribution in [3.8, 4) is 0 Å². The maximum absolute atomic E-state index is 12.4. The van der Waals surface area contributed by atoms with Crippen molar-refractivity contribution in [2.75, 3.05) is 0 Å². The van der Waals surface area contributed by atoms with Gasteiger partial charge in [0.05, 0.1) is 12.2 Å². The van der Waals surface area contributed by atoms with Crippen molar-refractivity contribution in [2.24, 2.45) is 7.05 Å². The normalized spacial score (nSPS) is 14.3. The molecule has 0 atom stereocenters. The van der Waals surface area contributed by atoms with E-state index in [1.54, 1.807) is 0 Å². The topological polar surface area (TPSA) is 46.9 Å². The molecular formula is C20H27N3O. The fourth-order valence-corrected chi connectivity index (χ4v) is 3.28. The third-order valence-electron chi connectivity index (χ3n) is 4.89. The van der Waals surface area contributed by atoms with E-state index >= 15 is 0 Å². The summed E-state index contributed by atoms with van der Waals surface area (Å²) in [6.45, 7) is 6.99. The highest BCUT2D eigenvalue weighted by Gasteiger charge is 2.18. The van der Waals surface area contributed by atoms with Crippen LogP contribution in [0.3, 0.4) is 0 Å². The molecule has 0 saturated carbocycles. The molecule has 0 radical (unpaired) electrons. The number of hydrogen-bond donors (Lipinski definition) is 1. The number of rotatable bonds is 3. The SMILES string of the molecule is Cn1c(CNC(=O)c2ccc(C(C)(C)C)cc2)nc2c1CCCC2. The van der Waals surface area contributed by atoms with Crippen molar-refractivity contribution in [3.63, 3.8) is 0 Å². The number of hydrogen-bond acceptors (Lipinski definition) is 2. The van der Waals surface area contributed by atoms with Crippen molar-refractivity contribution in [3.05, 3.63) is 52.6 Å². The van der Waals surface area contributed by atoms with Gasteiger partial charge in [0, 0.05) is 18.3 Å². The molecule has 0 fully saturated rings. The van der Waals surface area contributed by atoms with E-state index in [1.165, 1.54) is 29.8 Å². The van der Waals surface area contributed by atoms with Gasteiger partial charge in [-0.2, -0.15) is 0 Å². The fourth-order valence-electron chi connectivity index (χ4n) is 3.28. The third kappa shape index (κ3) is 3.37. The highest BCUT2D eigenvalue weighted by Crippen LogP contribution is 2.23. The number of nitrogens with one attached hydrogen (secondary N) is 1. The second-order valence-electron chi connectivity index (χ2n) is 7.70. The predicted molar refractivity (Wildman–Crippen MR) is 96.2 cm³/mol. The summed E-state index contributed by atoms with van der Waals surface area (Å²) < 4.78 is 2.15. The Kier molecular flexibility index (Phi) is 4.48. The first-order valence-electron chi connectivity index (χ1n) is 8.78. The number of nitrogens with zero attached hydrogens (tertiary/aromatic N) is 2. The van der Waals surface area contributed by atoms with Crippen molar-refractivity contribution < 1.29 is 4.79 Å². The van der Waals surface area contributed by atoms with Gasteiger partial charge in [0.25, 0.3) is 5.91 Å². The van der Waals surface area contributed by atoms with E-state index in [0.29, 0.717) is 12.1 Å². The second kappa shape index (κ2) is 6.42. The van der Waals surface area contributed by atoms with E-state index in [4.69, 9.17) is 4.98 Å². The van der Waals surface area contributed by atoms with Crippen molar-refractivity contribution in [1.82, 2.24) is 14.9 Å². The molecule has 1 heterocycles. The van der Waals surface area contributed by atoms with Crippen LogP contribution in [0.1, 0.15) is 66.7 Å². The summed E-state index contributed by atoms with van der Waals surface area (Å²) in [6, 6.07) is 7.88. The maximum Gasteiger partial charge on any atom is 0.251 e. The number of aromatic nitrogens is 2. The quantitative estimate of drug-likeness (QED) is 0.938. The maximum atomic E-state index is 12.4. The number of aryl methyl sites for hydroxylation is 1. The van der Waals surface area contributed by atoms with Gasteiger partial charge < -0.3 is 9.88 Å². The first kappa shape index (κ1) is 16.7. The summed E-state index contributed by atoms with van der Waals surface area (Å²) in [5.41, 5.74) is 4.57. The van der Waals surface area contributed by atoms with Crippen LogP contribution in [-0.4, -0.2) is 15.5 Å². The van der Waals surface area contributed by atoms with Crippen LogP contribution in [0.5, 0.6) is 0 Å². The van der Waals surface area contributed by atoms with Crippen LogP contribution in [0.15, 0.2) is 24.3 Å². The van der Waals surface area contributed by atoms with Gasteiger partial charge in [-0.1, -0.05) is 32.9 Å². The van der Waals surface area contributed by atoms with Crippen LogP contribution in [0.2, 0.25) is 0 Å². The van der Waals surface area contributed by atoms with Gasteiger partial charge in [-0.15, -0.1) is 0 Å². The molecule has 0 aliphatic heterocycles. The second-order valence-corrected chi connectivity index (χ2v) is 7.70. The Hall–Kier alpha value is -2.10. The average molecular weight is 325 g/mol. The van der Waals surface area contributed by atoms with E-state index in [-0.39, 0.29) is 11.3 Å². The van der Waals surface area contributed by atoms with Gasteiger partial charge in [0.1, 0.15) is 5.82 Å². The van der Waals surface area contributed by atoms with Gasteiger partial charge >= 0.3 is 0 Å². The molecule has 1 aromatic carbocycles. The van der Waals surface area contributed by atoms with E-state index in [2.05, 4.69) is 37.7 Å². The molecule has 1 N–H and O–H groups in total. The Morgan fingerprint density at radius 1 is 1.17 bits per heavy atom. The molecular weight excluding hydrogens is 298 g/mol. The molecule has 4 nitrogen and oxygen atoms in total. The highest BCUT2D eigenvalue weighted by molar-refractivity contribution is 5.94. The van der Waals surface area contributed by atoms with Gasteiger partial charge in [-0.05, 0) is 48.8 Å². The van der Waals surface area contributed by atoms with Crippen LogP contribution in [-0.2, 0) is 31.8 Å². The minimum absolute atomic E-state index is 0.0450. The largest absolute Gasteiger partial charge is 0.345 e. The van der Waals surface area contributed by atoms with Crippen LogP contribution in [0.25, 0.3) is 0 Å². The molecule has 1 aliphatic carbocycles. The molecule has 0 bridgehead atoms. The van der Waals surface area contributed by atoms with E-state index in [1.807, 2.05) is 24.3 Å². The first-order valence-corrected chi connectivity index (χ1v) is 8.78. The zero-order chi connectivity index (χ0) is 17.3. The lowest BCUT2D eigenvalue weighted by Gasteiger charge is -2.19. The number of carbonyl (C=O) groups excluding carboxylic acids is 1. The summed E-state index contributed by atoms with van der Waals surface area (Å²) >= 11 is 0. The number of benzene rings is 1. The minimum Gasteiger partial charge on any atom is -0.345 e. The van der Waals surface area contributed by atoms with Gasteiger partial charge in [0.2, 0.25) is 0 Å². The molecule has 0 saturated heterocycles. The summed E-state index contributed by atoms with van der Waals surface area (Å²) in [5.74, 6) is 0.901. The Morgan fingerprint density at radius 3 is 2.46 bits per heavy atom. The molecule has 24 heavy (non-hydrogen) atoms. The van der Waals surface area contributed by atoms with Crippen LogP contribution >= 0.6 is 0 Å². The Labute approximate surface area is 144 Å². The third-order valence-corrected chi connectivity index (χ3v) is 4.89. The van der Waals surface area contributed by atoms with Crippen molar-refractivity contribution in [1.29, 1.82) is 0 Å². The molecule has 1 aromatic heterocycles. The Balaban J connectivity index is 1.66. The monoisotopic (exact) mass is 325 g/mol. The van der Waals surface area contributed by atoms with Gasteiger partial charge in [0.15, 0.2) is 0 Å². The first-order chi connectivity index (χ1) is 11.4. The molecule has 1 aliphatic rings. The lowest BCUT2D eigenvalue weighted by atomic mass is 9.87. The zero-order valence-electron chi connectivity index (χ0n) is 15.1. The van der Waals surface area contributed by atoms with Crippen molar-refractivity contribution >= 4 is 5.91 Å². The van der Waals surface area contributed by atoms with E-state index < -0.39 is 0 Å². The lowest BCUT2D eigenvalue weighted by Crippen LogP contribution is -2.24. The molecule has 4 heteroatoms. The molecule has 2 aromatic rings. The highest BCUT2D eigenvalue weighted by atomic mass is 16.1. The number of imidazole rings is 1. The van der Waals surface area contributed by atoms with Crippen LogP contribution in [0.4, 0.5) is 0 Å². The van der Waals surface area contributed by atoms with Crippen molar-refractivity contribution in [2.45, 2.75) is 58.4 Å². The summed E-state index contributed by atoms with van der Waals surface area (Å²) in [5, 5.41) is 3.00. The molecule has 0 spiro atoms. The van der Waals surface area contributed by atoms with Crippen LogP contribution < -0.4 is 5.32 Å². The average Bonchev–Trinajstić information content (AvgIpc) is 2.88. The number of fused-ring (bicyclic) bond motifs is 1. The summed E-state index contributed by atoms with van der Waals surface area (Å²) in [6.07, 6.45) is 4.61. The van der Waals surface area contributed by atoms with Gasteiger partial charge in [-0.25, -0.2) is 4.98 Å². The number of amides is 1. The van der Waals surface area contributed by atoms with Crippen LogP contribution in [0, 0.1) is 0 Å². The lowest BCUT2D eigenvalue weighted by molar-refractivity contribution is 0.0949. The minimum atomic E-state index is -0.0450.